The van der Waals surface area contributed by atoms with Gasteiger partial charge in [0.15, 0.2) is 5.65 Å². The van der Waals surface area contributed by atoms with Crippen molar-refractivity contribution in [3.63, 3.8) is 0 Å². The quantitative estimate of drug-likeness (QED) is 0.720. The number of nitrogens with one attached hydrogen (secondary N) is 2. The lowest BCUT2D eigenvalue weighted by atomic mass is 9.91. The first-order valence-electron chi connectivity index (χ1n) is 7.81. The Hall–Kier alpha value is -2.70. The molecule has 1 atom stereocenters. The topological polar surface area (TPSA) is 86.8 Å². The molecule has 3 aromatic rings. The summed E-state index contributed by atoms with van der Waals surface area (Å²) in [5.74, 6) is 0.234. The number of carbonyl (C=O) groups is 1. The summed E-state index contributed by atoms with van der Waals surface area (Å²) in [6.07, 6.45) is 7.39. The Morgan fingerprint density at radius 3 is 3.17 bits per heavy atom. The minimum atomic E-state index is -0.0234. The summed E-state index contributed by atoms with van der Waals surface area (Å²) >= 11 is 0. The number of amides is 2. The highest BCUT2D eigenvalue weighted by molar-refractivity contribution is 6.05. The standard InChI is InChI=1S/C16H18N6O/c1-17-16(23)22-6-2-3-10(9-22)14-13-11(8-20-21-14)7-19-15-12(13)4-5-18-15/h4-5,7-8,10,21H,2-3,6,9H2,1H3,(H,17,23). The molecule has 4 rings (SSSR count). The normalized spacial score (nSPS) is 18.5. The summed E-state index contributed by atoms with van der Waals surface area (Å²) in [4.78, 5) is 22.5. The third-order valence-electron chi connectivity index (χ3n) is 4.55. The lowest BCUT2D eigenvalue weighted by Crippen LogP contribution is -2.43. The Bertz CT molecular complexity index is 873. The van der Waals surface area contributed by atoms with E-state index in [0.717, 1.165) is 46.9 Å². The predicted octanol–water partition coefficient (Wildman–Crippen LogP) is 2.02. The van der Waals surface area contributed by atoms with E-state index in [0.29, 0.717) is 6.54 Å². The van der Waals surface area contributed by atoms with Crippen LogP contribution < -0.4 is 5.32 Å². The number of hydrogen-bond acceptors (Lipinski definition) is 4. The second-order valence-electron chi connectivity index (χ2n) is 5.89. The average molecular weight is 310 g/mol. The summed E-state index contributed by atoms with van der Waals surface area (Å²) in [5, 5.41) is 13.3. The molecule has 3 aromatic heterocycles. The van der Waals surface area contributed by atoms with Crippen LogP contribution in [-0.2, 0) is 0 Å². The Balaban J connectivity index is 1.82. The molecule has 1 aliphatic heterocycles. The molecule has 0 saturated carbocycles. The molecule has 1 fully saturated rings. The van der Waals surface area contributed by atoms with Gasteiger partial charge in [-0.2, -0.15) is 5.10 Å². The Kier molecular flexibility index (Phi) is 3.33. The zero-order valence-electron chi connectivity index (χ0n) is 12.9. The van der Waals surface area contributed by atoms with Crippen LogP contribution >= 0.6 is 0 Å². The number of rotatable bonds is 1. The van der Waals surface area contributed by atoms with Gasteiger partial charge in [0, 0.05) is 60.3 Å². The molecule has 1 saturated heterocycles. The number of carbonyl (C=O) groups excluding carboxylic acids is 1. The van der Waals surface area contributed by atoms with Crippen molar-refractivity contribution in [1.82, 2.24) is 30.4 Å². The minimum absolute atomic E-state index is 0.0234. The number of hydrogen-bond donors (Lipinski definition) is 2. The van der Waals surface area contributed by atoms with Gasteiger partial charge in [0.2, 0.25) is 0 Å². The third-order valence-corrected chi connectivity index (χ3v) is 4.55. The highest BCUT2D eigenvalue weighted by Gasteiger charge is 2.26. The summed E-state index contributed by atoms with van der Waals surface area (Å²) in [7, 11) is 1.67. The van der Waals surface area contributed by atoms with Crippen molar-refractivity contribution in [3.05, 3.63) is 30.4 Å². The van der Waals surface area contributed by atoms with Crippen molar-refractivity contribution in [3.8, 4) is 0 Å². The second-order valence-corrected chi connectivity index (χ2v) is 5.89. The van der Waals surface area contributed by atoms with Crippen molar-refractivity contribution in [2.45, 2.75) is 18.8 Å². The van der Waals surface area contributed by atoms with Gasteiger partial charge in [-0.15, -0.1) is 0 Å². The van der Waals surface area contributed by atoms with Gasteiger partial charge in [-0.3, -0.25) is 5.10 Å². The van der Waals surface area contributed by atoms with Crippen molar-refractivity contribution in [2.75, 3.05) is 20.1 Å². The molecular formula is C16H18N6O. The first kappa shape index (κ1) is 13.9. The van der Waals surface area contributed by atoms with E-state index < -0.39 is 0 Å². The minimum Gasteiger partial charge on any atom is -0.341 e. The molecule has 7 heteroatoms. The van der Waals surface area contributed by atoms with Gasteiger partial charge in [0.1, 0.15) is 0 Å². The van der Waals surface area contributed by atoms with Crippen LogP contribution in [0.3, 0.4) is 0 Å². The lowest BCUT2D eigenvalue weighted by Gasteiger charge is -2.32. The van der Waals surface area contributed by atoms with E-state index in [4.69, 9.17) is 0 Å². The zero-order valence-corrected chi connectivity index (χ0v) is 12.9. The van der Waals surface area contributed by atoms with E-state index >= 15 is 0 Å². The molecule has 0 aromatic carbocycles. The van der Waals surface area contributed by atoms with Crippen molar-refractivity contribution < 1.29 is 4.79 Å². The molecule has 118 valence electrons. The Labute approximate surface area is 133 Å². The number of H-pyrrole nitrogens is 1. The highest BCUT2D eigenvalue weighted by Crippen LogP contribution is 2.33. The van der Waals surface area contributed by atoms with Gasteiger partial charge in [0.25, 0.3) is 0 Å². The maximum Gasteiger partial charge on any atom is 0.317 e. The second kappa shape index (κ2) is 5.49. The van der Waals surface area contributed by atoms with Crippen LogP contribution in [0.4, 0.5) is 4.79 Å². The van der Waals surface area contributed by atoms with Gasteiger partial charge in [-0.05, 0) is 18.9 Å². The molecule has 0 aliphatic carbocycles. The van der Waals surface area contributed by atoms with Crippen LogP contribution in [0.2, 0.25) is 0 Å². The molecule has 1 unspecified atom stereocenters. The van der Waals surface area contributed by atoms with Gasteiger partial charge in [-0.1, -0.05) is 0 Å². The van der Waals surface area contributed by atoms with E-state index in [-0.39, 0.29) is 11.9 Å². The largest absolute Gasteiger partial charge is 0.341 e. The molecule has 0 radical (unpaired) electrons. The van der Waals surface area contributed by atoms with Gasteiger partial charge in [0.05, 0.1) is 6.20 Å². The zero-order chi connectivity index (χ0) is 15.8. The summed E-state index contributed by atoms with van der Waals surface area (Å²) in [6, 6.07) is 1.96. The number of likely N-dealkylation sites (tertiary alicyclic amines) is 1. The van der Waals surface area contributed by atoms with Gasteiger partial charge < -0.3 is 10.2 Å². The van der Waals surface area contributed by atoms with Crippen molar-refractivity contribution >= 4 is 27.8 Å². The first-order valence-corrected chi connectivity index (χ1v) is 7.81. The summed E-state index contributed by atoms with van der Waals surface area (Å²) < 4.78 is 0. The van der Waals surface area contributed by atoms with Crippen LogP contribution in [0, 0.1) is 0 Å². The van der Waals surface area contributed by atoms with Crippen LogP contribution in [0.25, 0.3) is 21.8 Å². The molecule has 0 spiro atoms. The average Bonchev–Trinajstić information content (AvgIpc) is 3.09. The lowest BCUT2D eigenvalue weighted by molar-refractivity contribution is 0.181. The van der Waals surface area contributed by atoms with E-state index in [1.165, 1.54) is 0 Å². The molecule has 0 bridgehead atoms. The van der Waals surface area contributed by atoms with E-state index in [9.17, 15) is 4.79 Å². The van der Waals surface area contributed by atoms with Crippen LogP contribution in [0.5, 0.6) is 0 Å². The molecule has 23 heavy (non-hydrogen) atoms. The number of urea groups is 1. The van der Waals surface area contributed by atoms with Crippen LogP contribution in [-0.4, -0.2) is 51.2 Å². The van der Waals surface area contributed by atoms with Gasteiger partial charge >= 0.3 is 6.03 Å². The Morgan fingerprint density at radius 2 is 2.30 bits per heavy atom. The van der Waals surface area contributed by atoms with Crippen LogP contribution in [0.1, 0.15) is 24.5 Å². The number of piperidine rings is 1. The molecule has 2 amide bonds. The van der Waals surface area contributed by atoms with Crippen molar-refractivity contribution in [1.29, 1.82) is 0 Å². The van der Waals surface area contributed by atoms with Crippen molar-refractivity contribution in [2.24, 2.45) is 0 Å². The van der Waals surface area contributed by atoms with Crippen LogP contribution in [0.15, 0.2) is 24.7 Å². The monoisotopic (exact) mass is 310 g/mol. The Morgan fingerprint density at radius 1 is 1.39 bits per heavy atom. The fourth-order valence-electron chi connectivity index (χ4n) is 3.45. The highest BCUT2D eigenvalue weighted by atomic mass is 16.2. The van der Waals surface area contributed by atoms with E-state index in [1.807, 2.05) is 17.2 Å². The van der Waals surface area contributed by atoms with E-state index in [2.05, 4.69) is 25.5 Å². The predicted molar refractivity (Wildman–Crippen MR) is 87.2 cm³/mol. The third kappa shape index (κ3) is 2.28. The number of aromatic nitrogens is 4. The molecular weight excluding hydrogens is 292 g/mol. The SMILES string of the molecule is CNC(=O)N1CCCC(c2[nH]ncc3cnc4nccc4c23)C1. The molecule has 7 nitrogen and oxygen atoms in total. The number of aromatic amines is 1. The summed E-state index contributed by atoms with van der Waals surface area (Å²) in [6.45, 7) is 1.48. The number of pyridine rings is 1. The maximum absolute atomic E-state index is 11.9. The fraction of sp³-hybridized carbons (Fsp3) is 0.375. The maximum atomic E-state index is 11.9. The fourth-order valence-corrected chi connectivity index (χ4v) is 3.45. The van der Waals surface area contributed by atoms with E-state index in [1.54, 1.807) is 19.4 Å². The molecule has 1 aliphatic rings. The number of fused-ring (bicyclic) bond motifs is 3. The van der Waals surface area contributed by atoms with Gasteiger partial charge in [-0.25, -0.2) is 14.8 Å². The smallest absolute Gasteiger partial charge is 0.317 e. The number of nitrogens with zero attached hydrogens (tertiary/aromatic N) is 4. The molecule has 2 N–H and O–H groups in total. The first-order chi connectivity index (χ1) is 11.3. The summed E-state index contributed by atoms with van der Waals surface area (Å²) in [5.41, 5.74) is 1.81. The molecule has 4 heterocycles.